The van der Waals surface area contributed by atoms with Crippen LogP contribution in [0.15, 0.2) is 29.3 Å². The van der Waals surface area contributed by atoms with Crippen LogP contribution < -0.4 is 20.3 Å². The summed E-state index contributed by atoms with van der Waals surface area (Å²) < 4.78 is 5.52. The van der Waals surface area contributed by atoms with E-state index in [1.165, 1.54) is 58.0 Å². The van der Waals surface area contributed by atoms with Crippen molar-refractivity contribution in [2.45, 2.75) is 63.5 Å². The number of piperidine rings is 1. The molecule has 0 aromatic heterocycles. The van der Waals surface area contributed by atoms with Crippen LogP contribution in [0.5, 0.6) is 5.75 Å². The van der Waals surface area contributed by atoms with Crippen molar-refractivity contribution >= 4 is 17.6 Å². The van der Waals surface area contributed by atoms with Gasteiger partial charge in [0.1, 0.15) is 5.75 Å². The van der Waals surface area contributed by atoms with Crippen LogP contribution in [0.3, 0.4) is 0 Å². The quantitative estimate of drug-likeness (QED) is 0.415. The van der Waals surface area contributed by atoms with Crippen molar-refractivity contribution in [2.75, 3.05) is 44.7 Å². The molecule has 1 aromatic rings. The molecule has 1 saturated carbocycles. The highest BCUT2D eigenvalue weighted by molar-refractivity contribution is 5.97. The summed E-state index contributed by atoms with van der Waals surface area (Å²) in [6.07, 6.45) is 10.2. The lowest BCUT2D eigenvalue weighted by molar-refractivity contribution is -0.121. The molecule has 1 aromatic carbocycles. The van der Waals surface area contributed by atoms with Gasteiger partial charge in [0.25, 0.3) is 5.91 Å². The molecule has 1 amide bonds. The van der Waals surface area contributed by atoms with E-state index in [0.29, 0.717) is 12.6 Å². The molecule has 4 rings (SSSR count). The smallest absolute Gasteiger partial charge is 0.265 e. The van der Waals surface area contributed by atoms with E-state index in [9.17, 15) is 4.79 Å². The van der Waals surface area contributed by atoms with E-state index in [1.54, 1.807) is 0 Å². The summed E-state index contributed by atoms with van der Waals surface area (Å²) in [6.45, 7) is 3.94. The Morgan fingerprint density at radius 3 is 2.68 bits per heavy atom. The largest absolute Gasteiger partial charge is 0.482 e. The Morgan fingerprint density at radius 2 is 1.90 bits per heavy atom. The van der Waals surface area contributed by atoms with Crippen molar-refractivity contribution in [2.24, 2.45) is 4.99 Å². The molecule has 1 aliphatic carbocycles. The molecule has 0 atom stereocenters. The number of ether oxygens (including phenoxy) is 1. The predicted octanol–water partition coefficient (Wildman–Crippen LogP) is 2.76. The minimum atomic E-state index is 0.0194. The van der Waals surface area contributed by atoms with E-state index in [2.05, 4.69) is 20.5 Å². The van der Waals surface area contributed by atoms with Crippen LogP contribution in [0.4, 0.5) is 5.69 Å². The number of carbonyl (C=O) groups excluding carboxylic acids is 1. The number of nitrogens with zero attached hydrogens (tertiary/aromatic N) is 3. The Bertz CT molecular complexity index is 754. The summed E-state index contributed by atoms with van der Waals surface area (Å²) in [5.74, 6) is 1.67. The third kappa shape index (κ3) is 5.70. The fraction of sp³-hybridized carbons (Fsp3) is 0.667. The number of benzene rings is 1. The van der Waals surface area contributed by atoms with Crippen LogP contribution in [-0.4, -0.2) is 68.7 Å². The van der Waals surface area contributed by atoms with Crippen LogP contribution in [0.1, 0.15) is 51.4 Å². The number of hydrogen-bond acceptors (Lipinski definition) is 4. The Morgan fingerprint density at radius 1 is 1.13 bits per heavy atom. The molecule has 170 valence electrons. The van der Waals surface area contributed by atoms with Gasteiger partial charge in [-0.15, -0.1) is 0 Å². The predicted molar refractivity (Wildman–Crippen MR) is 125 cm³/mol. The molecule has 31 heavy (non-hydrogen) atoms. The van der Waals surface area contributed by atoms with Crippen LogP contribution in [0.2, 0.25) is 0 Å². The van der Waals surface area contributed by atoms with Gasteiger partial charge in [0.2, 0.25) is 0 Å². The molecule has 0 radical (unpaired) electrons. The number of anilines is 1. The summed E-state index contributed by atoms with van der Waals surface area (Å²) in [5, 5.41) is 7.03. The molecule has 2 N–H and O–H groups in total. The van der Waals surface area contributed by atoms with Crippen molar-refractivity contribution in [3.05, 3.63) is 24.3 Å². The summed E-state index contributed by atoms with van der Waals surface area (Å²) in [7, 11) is 1.83. The maximum Gasteiger partial charge on any atom is 0.265 e. The van der Waals surface area contributed by atoms with Gasteiger partial charge in [-0.05, 0) is 44.2 Å². The van der Waals surface area contributed by atoms with Crippen molar-refractivity contribution in [1.29, 1.82) is 0 Å². The number of para-hydroxylation sites is 2. The maximum absolute atomic E-state index is 12.3. The number of likely N-dealkylation sites (tertiary alicyclic amines) is 1. The fourth-order valence-electron chi connectivity index (χ4n) is 5.09. The van der Waals surface area contributed by atoms with Gasteiger partial charge in [0.05, 0.1) is 5.69 Å². The number of nitrogens with one attached hydrogen (secondary N) is 2. The molecule has 2 aliphatic heterocycles. The van der Waals surface area contributed by atoms with E-state index in [0.717, 1.165) is 36.4 Å². The van der Waals surface area contributed by atoms with E-state index in [-0.39, 0.29) is 12.5 Å². The first-order valence-corrected chi connectivity index (χ1v) is 12.0. The monoisotopic (exact) mass is 427 g/mol. The van der Waals surface area contributed by atoms with Crippen LogP contribution in [0, 0.1) is 0 Å². The van der Waals surface area contributed by atoms with Gasteiger partial charge in [-0.1, -0.05) is 31.4 Å². The number of carbonyl (C=O) groups is 1. The van der Waals surface area contributed by atoms with Gasteiger partial charge in [-0.3, -0.25) is 9.79 Å². The number of rotatable bonds is 6. The lowest BCUT2D eigenvalue weighted by atomic mass is 9.92. The minimum absolute atomic E-state index is 0.0194. The van der Waals surface area contributed by atoms with Crippen LogP contribution >= 0.6 is 0 Å². The first kappa shape index (κ1) is 21.9. The van der Waals surface area contributed by atoms with Crippen molar-refractivity contribution in [1.82, 2.24) is 15.5 Å². The minimum Gasteiger partial charge on any atom is -0.482 e. The third-order valence-electron chi connectivity index (χ3n) is 6.84. The van der Waals surface area contributed by atoms with Gasteiger partial charge in [-0.2, -0.15) is 0 Å². The Labute approximate surface area is 186 Å². The molecule has 0 bridgehead atoms. The molecule has 2 heterocycles. The van der Waals surface area contributed by atoms with Crippen molar-refractivity contribution in [3.8, 4) is 5.75 Å². The van der Waals surface area contributed by atoms with E-state index < -0.39 is 0 Å². The zero-order chi connectivity index (χ0) is 21.5. The lowest BCUT2D eigenvalue weighted by Gasteiger charge is -2.39. The Balaban J connectivity index is 1.17. The summed E-state index contributed by atoms with van der Waals surface area (Å²) in [6, 6.07) is 9.04. The number of hydrogen-bond donors (Lipinski definition) is 2. The number of fused-ring (bicyclic) bond motifs is 1. The van der Waals surface area contributed by atoms with Gasteiger partial charge in [-0.25, -0.2) is 0 Å². The molecule has 0 spiro atoms. The molecule has 0 unspecified atom stereocenters. The summed E-state index contributed by atoms with van der Waals surface area (Å²) >= 11 is 0. The average molecular weight is 428 g/mol. The average Bonchev–Trinajstić information content (AvgIpc) is 2.83. The third-order valence-corrected chi connectivity index (χ3v) is 6.84. The summed E-state index contributed by atoms with van der Waals surface area (Å²) in [5.41, 5.74) is 0.867. The zero-order valence-corrected chi connectivity index (χ0v) is 18.8. The highest BCUT2D eigenvalue weighted by Gasteiger charge is 2.27. The van der Waals surface area contributed by atoms with Gasteiger partial charge < -0.3 is 25.2 Å². The standard InChI is InChI=1S/C24H37N5O2/c1-25-24(27-19-12-16-28(17-13-19)20-8-3-2-4-9-20)26-14-7-15-29-21-10-5-6-11-22(21)31-18-23(29)30/h5-6,10-11,19-20H,2-4,7-9,12-18H2,1H3,(H2,25,26,27). The molecule has 7 nitrogen and oxygen atoms in total. The van der Waals surface area contributed by atoms with Gasteiger partial charge >= 0.3 is 0 Å². The number of guanidine groups is 1. The zero-order valence-electron chi connectivity index (χ0n) is 18.8. The first-order chi connectivity index (χ1) is 15.2. The Hall–Kier alpha value is -2.28. The van der Waals surface area contributed by atoms with Gasteiger partial charge in [0, 0.05) is 45.3 Å². The normalized spacial score (nSPS) is 21.5. The summed E-state index contributed by atoms with van der Waals surface area (Å²) in [4.78, 5) is 21.2. The van der Waals surface area contributed by atoms with Crippen molar-refractivity contribution in [3.63, 3.8) is 0 Å². The number of amides is 1. The second kappa shape index (κ2) is 10.8. The molecule has 3 aliphatic rings. The molecular formula is C24H37N5O2. The SMILES string of the molecule is CN=C(NCCCN1C(=O)COc2ccccc21)NC1CCN(C2CCCCC2)CC1. The molecule has 2 fully saturated rings. The van der Waals surface area contributed by atoms with E-state index in [1.807, 2.05) is 36.2 Å². The highest BCUT2D eigenvalue weighted by atomic mass is 16.5. The fourth-order valence-corrected chi connectivity index (χ4v) is 5.09. The molecular weight excluding hydrogens is 390 g/mol. The van der Waals surface area contributed by atoms with Crippen LogP contribution in [0.25, 0.3) is 0 Å². The highest BCUT2D eigenvalue weighted by Crippen LogP contribution is 2.31. The second-order valence-corrected chi connectivity index (χ2v) is 8.90. The molecule has 1 saturated heterocycles. The lowest BCUT2D eigenvalue weighted by Crippen LogP contribution is -2.51. The van der Waals surface area contributed by atoms with Gasteiger partial charge in [0.15, 0.2) is 12.6 Å². The van der Waals surface area contributed by atoms with E-state index >= 15 is 0 Å². The topological polar surface area (TPSA) is 69.2 Å². The molecule has 7 heteroatoms. The maximum atomic E-state index is 12.3. The second-order valence-electron chi connectivity index (χ2n) is 8.90. The first-order valence-electron chi connectivity index (χ1n) is 12.0. The number of aliphatic imine (C=N–C) groups is 1. The Kier molecular flexibility index (Phi) is 7.67. The van der Waals surface area contributed by atoms with E-state index in [4.69, 9.17) is 4.74 Å². The van der Waals surface area contributed by atoms with Crippen molar-refractivity contribution < 1.29 is 9.53 Å². The van der Waals surface area contributed by atoms with Crippen LogP contribution in [-0.2, 0) is 4.79 Å².